The number of carbonyl (C=O) groups is 3. The molecule has 1 N–H and O–H groups in total. The van der Waals surface area contributed by atoms with Crippen molar-refractivity contribution >= 4 is 23.8 Å². The third-order valence-electron chi connectivity index (χ3n) is 2.96. The lowest BCUT2D eigenvalue weighted by molar-refractivity contribution is -0.141. The van der Waals surface area contributed by atoms with E-state index in [1.165, 1.54) is 23.3 Å². The number of rotatable bonds is 4. The van der Waals surface area contributed by atoms with E-state index in [0.29, 0.717) is 5.76 Å². The second kappa shape index (κ2) is 5.73. The monoisotopic (exact) mass is 276 g/mol. The maximum absolute atomic E-state index is 12.0. The SMILES string of the molecule is CC(C)N1C(=O)CC(NC(=O)C=Cc2ccco2)C1=O. The van der Waals surface area contributed by atoms with Crippen LogP contribution in [-0.4, -0.2) is 34.7 Å². The molecule has 20 heavy (non-hydrogen) atoms. The number of nitrogens with zero attached hydrogens (tertiary/aromatic N) is 1. The summed E-state index contributed by atoms with van der Waals surface area (Å²) in [4.78, 5) is 36.5. The van der Waals surface area contributed by atoms with Crippen molar-refractivity contribution in [2.75, 3.05) is 0 Å². The van der Waals surface area contributed by atoms with Crippen LogP contribution >= 0.6 is 0 Å². The smallest absolute Gasteiger partial charge is 0.252 e. The van der Waals surface area contributed by atoms with Gasteiger partial charge in [0.25, 0.3) is 5.91 Å². The highest BCUT2D eigenvalue weighted by Crippen LogP contribution is 2.16. The average Bonchev–Trinajstić information content (AvgIpc) is 2.96. The van der Waals surface area contributed by atoms with Gasteiger partial charge in [-0.2, -0.15) is 0 Å². The van der Waals surface area contributed by atoms with E-state index >= 15 is 0 Å². The van der Waals surface area contributed by atoms with E-state index in [2.05, 4.69) is 5.32 Å². The highest BCUT2D eigenvalue weighted by atomic mass is 16.3. The van der Waals surface area contributed by atoms with Crippen LogP contribution in [-0.2, 0) is 14.4 Å². The van der Waals surface area contributed by atoms with E-state index in [1.807, 2.05) is 0 Å². The summed E-state index contributed by atoms with van der Waals surface area (Å²) in [6, 6.07) is 2.43. The molecule has 1 aromatic rings. The van der Waals surface area contributed by atoms with Gasteiger partial charge in [-0.25, -0.2) is 0 Å². The summed E-state index contributed by atoms with van der Waals surface area (Å²) in [7, 11) is 0. The van der Waals surface area contributed by atoms with Crippen LogP contribution in [0.4, 0.5) is 0 Å². The zero-order valence-corrected chi connectivity index (χ0v) is 11.3. The Morgan fingerprint density at radius 1 is 1.50 bits per heavy atom. The van der Waals surface area contributed by atoms with Crippen molar-refractivity contribution in [2.24, 2.45) is 0 Å². The predicted molar refractivity (Wildman–Crippen MR) is 71.3 cm³/mol. The topological polar surface area (TPSA) is 79.6 Å². The molecule has 3 amide bonds. The fourth-order valence-corrected chi connectivity index (χ4v) is 2.07. The van der Waals surface area contributed by atoms with Crippen molar-refractivity contribution in [3.05, 3.63) is 30.2 Å². The molecule has 1 unspecified atom stereocenters. The number of hydrogen-bond donors (Lipinski definition) is 1. The standard InChI is InChI=1S/C14H16N2O4/c1-9(2)16-13(18)8-11(14(16)19)15-12(17)6-5-10-4-3-7-20-10/h3-7,9,11H,8H2,1-2H3,(H,15,17). The zero-order chi connectivity index (χ0) is 14.7. The van der Waals surface area contributed by atoms with Gasteiger partial charge in [-0.05, 0) is 32.1 Å². The number of furan rings is 1. The van der Waals surface area contributed by atoms with Crippen LogP contribution < -0.4 is 5.32 Å². The lowest BCUT2D eigenvalue weighted by atomic mass is 10.2. The molecule has 0 bridgehead atoms. The van der Waals surface area contributed by atoms with Crippen LogP contribution in [0.3, 0.4) is 0 Å². The number of nitrogens with one attached hydrogen (secondary N) is 1. The molecule has 1 aliphatic heterocycles. The summed E-state index contributed by atoms with van der Waals surface area (Å²) in [5.74, 6) is -0.508. The van der Waals surface area contributed by atoms with Gasteiger partial charge in [0.05, 0.1) is 12.7 Å². The summed E-state index contributed by atoms with van der Waals surface area (Å²) >= 11 is 0. The first-order valence-electron chi connectivity index (χ1n) is 6.37. The van der Waals surface area contributed by atoms with Crippen molar-refractivity contribution in [2.45, 2.75) is 32.4 Å². The Labute approximate surface area is 116 Å². The molecule has 106 valence electrons. The second-order valence-electron chi connectivity index (χ2n) is 4.81. The molecule has 1 fully saturated rings. The lowest BCUT2D eigenvalue weighted by Gasteiger charge is -2.18. The van der Waals surface area contributed by atoms with E-state index in [-0.39, 0.29) is 24.3 Å². The number of likely N-dealkylation sites (tertiary alicyclic amines) is 1. The van der Waals surface area contributed by atoms with Crippen molar-refractivity contribution < 1.29 is 18.8 Å². The molecule has 2 rings (SSSR count). The van der Waals surface area contributed by atoms with Crippen molar-refractivity contribution in [1.82, 2.24) is 10.2 Å². The fourth-order valence-electron chi connectivity index (χ4n) is 2.07. The number of hydrogen-bond acceptors (Lipinski definition) is 4. The molecule has 1 saturated heterocycles. The Hall–Kier alpha value is -2.37. The number of amides is 3. The van der Waals surface area contributed by atoms with Crippen LogP contribution in [0.2, 0.25) is 0 Å². The van der Waals surface area contributed by atoms with E-state index in [4.69, 9.17) is 4.42 Å². The third-order valence-corrected chi connectivity index (χ3v) is 2.96. The second-order valence-corrected chi connectivity index (χ2v) is 4.81. The normalized spacial score (nSPS) is 19.4. The van der Waals surface area contributed by atoms with Crippen molar-refractivity contribution in [1.29, 1.82) is 0 Å². The Bertz CT molecular complexity index is 546. The van der Waals surface area contributed by atoms with Gasteiger partial charge in [0.2, 0.25) is 11.8 Å². The van der Waals surface area contributed by atoms with E-state index in [9.17, 15) is 14.4 Å². The van der Waals surface area contributed by atoms with Crippen LogP contribution in [0.15, 0.2) is 28.9 Å². The average molecular weight is 276 g/mol. The summed E-state index contributed by atoms with van der Waals surface area (Å²) < 4.78 is 5.04. The Balaban J connectivity index is 1.95. The van der Waals surface area contributed by atoms with Gasteiger partial charge >= 0.3 is 0 Å². The summed E-state index contributed by atoms with van der Waals surface area (Å²) in [5, 5.41) is 2.53. The Morgan fingerprint density at radius 3 is 2.80 bits per heavy atom. The number of carbonyl (C=O) groups excluding carboxylic acids is 3. The largest absolute Gasteiger partial charge is 0.465 e. The number of imide groups is 1. The summed E-state index contributed by atoms with van der Waals surface area (Å²) in [6.45, 7) is 3.52. The van der Waals surface area contributed by atoms with Gasteiger partial charge in [0.1, 0.15) is 11.8 Å². The molecular formula is C14H16N2O4. The predicted octanol–water partition coefficient (Wildman–Crippen LogP) is 0.945. The summed E-state index contributed by atoms with van der Waals surface area (Å²) in [6.07, 6.45) is 4.28. The fraction of sp³-hybridized carbons (Fsp3) is 0.357. The first-order chi connectivity index (χ1) is 9.49. The van der Waals surface area contributed by atoms with Crippen LogP contribution in [0.25, 0.3) is 6.08 Å². The summed E-state index contributed by atoms with van der Waals surface area (Å²) in [5.41, 5.74) is 0. The first-order valence-corrected chi connectivity index (χ1v) is 6.37. The van der Waals surface area contributed by atoms with Gasteiger partial charge in [-0.3, -0.25) is 19.3 Å². The van der Waals surface area contributed by atoms with Gasteiger partial charge in [-0.1, -0.05) is 0 Å². The van der Waals surface area contributed by atoms with Crippen molar-refractivity contribution in [3.63, 3.8) is 0 Å². The lowest BCUT2D eigenvalue weighted by Crippen LogP contribution is -2.43. The minimum atomic E-state index is -0.779. The van der Waals surface area contributed by atoms with Crippen molar-refractivity contribution in [3.8, 4) is 0 Å². The highest BCUT2D eigenvalue weighted by molar-refractivity contribution is 6.08. The molecular weight excluding hydrogens is 260 g/mol. The van der Waals surface area contributed by atoms with E-state index in [0.717, 1.165) is 0 Å². The maximum atomic E-state index is 12.0. The molecule has 2 heterocycles. The Kier molecular flexibility index (Phi) is 4.02. The molecule has 0 aliphatic carbocycles. The molecule has 0 radical (unpaired) electrons. The maximum Gasteiger partial charge on any atom is 0.252 e. The molecule has 0 saturated carbocycles. The molecule has 6 heteroatoms. The highest BCUT2D eigenvalue weighted by Gasteiger charge is 2.40. The zero-order valence-electron chi connectivity index (χ0n) is 11.3. The van der Waals surface area contributed by atoms with Gasteiger partial charge in [0.15, 0.2) is 0 Å². The molecule has 1 aromatic heterocycles. The Morgan fingerprint density at radius 2 is 2.25 bits per heavy atom. The molecule has 1 atom stereocenters. The molecule has 1 aliphatic rings. The van der Waals surface area contributed by atoms with Crippen LogP contribution in [0.5, 0.6) is 0 Å². The quantitative estimate of drug-likeness (QED) is 0.655. The van der Waals surface area contributed by atoms with E-state index < -0.39 is 11.9 Å². The van der Waals surface area contributed by atoms with Gasteiger partial charge in [-0.15, -0.1) is 0 Å². The first kappa shape index (κ1) is 14.0. The van der Waals surface area contributed by atoms with Crippen LogP contribution in [0, 0.1) is 0 Å². The molecule has 6 nitrogen and oxygen atoms in total. The van der Waals surface area contributed by atoms with Gasteiger partial charge < -0.3 is 9.73 Å². The van der Waals surface area contributed by atoms with E-state index in [1.54, 1.807) is 26.0 Å². The third kappa shape index (κ3) is 2.96. The molecule has 0 spiro atoms. The van der Waals surface area contributed by atoms with Crippen LogP contribution in [0.1, 0.15) is 26.0 Å². The molecule has 0 aromatic carbocycles. The minimum Gasteiger partial charge on any atom is -0.465 e. The van der Waals surface area contributed by atoms with Gasteiger partial charge in [0, 0.05) is 12.1 Å². The minimum absolute atomic E-state index is 0.0113.